The van der Waals surface area contributed by atoms with Gasteiger partial charge in [-0.1, -0.05) is 97.9 Å². The third-order valence-corrected chi connectivity index (χ3v) is 8.78. The molecule has 2 atom stereocenters. The van der Waals surface area contributed by atoms with Gasteiger partial charge in [0.15, 0.2) is 0 Å². The molecule has 56 heavy (non-hydrogen) atoms. The van der Waals surface area contributed by atoms with Crippen LogP contribution in [0.4, 0.5) is 15.3 Å². The zero-order valence-corrected chi connectivity index (χ0v) is 31.9. The molecule has 2 N–H and O–H groups in total. The van der Waals surface area contributed by atoms with E-state index in [1.54, 1.807) is 64.1 Å². The minimum atomic E-state index is -1.07. The maximum atomic E-state index is 14.3. The minimum absolute atomic E-state index is 0.0273. The van der Waals surface area contributed by atoms with E-state index in [2.05, 4.69) is 27.4 Å². The van der Waals surface area contributed by atoms with Crippen LogP contribution in [0.25, 0.3) is 0 Å². The van der Waals surface area contributed by atoms with Gasteiger partial charge in [0.25, 0.3) is 5.56 Å². The first-order valence-electron chi connectivity index (χ1n) is 18.1. The van der Waals surface area contributed by atoms with Crippen molar-refractivity contribution in [1.29, 1.82) is 0 Å². The first-order chi connectivity index (χ1) is 26.8. The molecule has 0 saturated heterocycles. The standard InChI is InChI=1S/C42H46N6O8/c1-6-21-47(40(53)55-28-32-15-11-8-12-16-32)34-26-44-38-42(5,23-35(49)56-41(2,3)4)22-33(48(38)37(34)51)36(50)43-24-29-17-19-30(20-18-29)25-45-46-39(52)54-27-31-13-9-7-10-14-31/h6-20,25-26,33H,1,21-24,27-28H2,2-5H3,(H,43,50)(H,46,52)/t33-,42+/m1/s1. The molecule has 3 aromatic carbocycles. The van der Waals surface area contributed by atoms with Crippen LogP contribution in [0.1, 0.15) is 74.7 Å². The number of fused-ring (bicyclic) bond motifs is 1. The Kier molecular flexibility index (Phi) is 13.2. The van der Waals surface area contributed by atoms with E-state index >= 15 is 0 Å². The Bertz CT molecular complexity index is 2110. The number of rotatable bonds is 14. The first-order valence-corrected chi connectivity index (χ1v) is 18.1. The molecule has 0 radical (unpaired) electrons. The van der Waals surface area contributed by atoms with Crippen LogP contribution >= 0.6 is 0 Å². The van der Waals surface area contributed by atoms with Crippen molar-refractivity contribution in [3.8, 4) is 0 Å². The second-order valence-electron chi connectivity index (χ2n) is 14.5. The number of nitrogens with zero attached hydrogens (tertiary/aromatic N) is 4. The van der Waals surface area contributed by atoms with E-state index in [-0.39, 0.29) is 50.7 Å². The van der Waals surface area contributed by atoms with Gasteiger partial charge >= 0.3 is 18.2 Å². The number of hydrazone groups is 1. The van der Waals surface area contributed by atoms with Gasteiger partial charge in [-0.25, -0.2) is 20.0 Å². The fourth-order valence-electron chi connectivity index (χ4n) is 6.19. The van der Waals surface area contributed by atoms with Crippen LogP contribution in [-0.4, -0.2) is 52.0 Å². The summed E-state index contributed by atoms with van der Waals surface area (Å²) in [5, 5.41) is 6.84. The average Bonchev–Trinajstić information content (AvgIpc) is 3.47. The number of anilines is 1. The van der Waals surface area contributed by atoms with Crippen molar-refractivity contribution in [1.82, 2.24) is 20.3 Å². The lowest BCUT2D eigenvalue weighted by Crippen LogP contribution is -2.41. The maximum absolute atomic E-state index is 14.3. The number of benzene rings is 3. The summed E-state index contributed by atoms with van der Waals surface area (Å²) in [7, 11) is 0. The molecule has 292 valence electrons. The molecule has 14 heteroatoms. The Balaban J connectivity index is 1.30. The Labute approximate surface area is 325 Å². The fraction of sp³-hybridized carbons (Fsp3) is 0.310. The second kappa shape index (κ2) is 18.2. The molecule has 0 unspecified atom stereocenters. The molecule has 0 spiro atoms. The van der Waals surface area contributed by atoms with Gasteiger partial charge < -0.3 is 19.5 Å². The van der Waals surface area contributed by atoms with E-state index in [1.807, 2.05) is 48.5 Å². The average molecular weight is 763 g/mol. The number of hydrogen-bond donors (Lipinski definition) is 2. The van der Waals surface area contributed by atoms with E-state index < -0.39 is 46.7 Å². The first kappa shape index (κ1) is 40.6. The number of carbonyl (C=O) groups excluding carboxylic acids is 4. The van der Waals surface area contributed by atoms with E-state index in [9.17, 15) is 24.0 Å². The molecule has 1 aromatic heterocycles. The highest BCUT2D eigenvalue weighted by Crippen LogP contribution is 2.42. The second-order valence-corrected chi connectivity index (χ2v) is 14.5. The molecule has 5 rings (SSSR count). The van der Waals surface area contributed by atoms with E-state index in [0.717, 1.165) is 21.6 Å². The molecule has 0 bridgehead atoms. The Morgan fingerprint density at radius 3 is 2.18 bits per heavy atom. The SMILES string of the molecule is C=CCN(C(=O)OCc1ccccc1)c1cnc2n(c1=O)[C@@H](C(=O)NCc1ccc(C=NNC(=O)OCc3ccccc3)cc1)C[C@@]2(C)CC(=O)OC(C)(C)C. The highest BCUT2D eigenvalue weighted by molar-refractivity contribution is 5.88. The van der Waals surface area contributed by atoms with E-state index in [0.29, 0.717) is 5.56 Å². The van der Waals surface area contributed by atoms with Gasteiger partial charge in [-0.2, -0.15) is 5.10 Å². The third kappa shape index (κ3) is 10.8. The predicted molar refractivity (Wildman–Crippen MR) is 210 cm³/mol. The summed E-state index contributed by atoms with van der Waals surface area (Å²) in [6, 6.07) is 24.4. The molecule has 3 amide bonds. The molecule has 2 heterocycles. The highest BCUT2D eigenvalue weighted by atomic mass is 16.6. The summed E-state index contributed by atoms with van der Waals surface area (Å²) in [5.74, 6) is -0.771. The van der Waals surface area contributed by atoms with Crippen LogP contribution in [0, 0.1) is 0 Å². The van der Waals surface area contributed by atoms with Crippen molar-refractivity contribution in [3.63, 3.8) is 0 Å². The Hall–Kier alpha value is -6.57. The molecule has 4 aromatic rings. The zero-order valence-electron chi connectivity index (χ0n) is 31.9. The number of ether oxygens (including phenoxy) is 3. The van der Waals surface area contributed by atoms with Crippen LogP contribution < -0.4 is 21.2 Å². The van der Waals surface area contributed by atoms with Crippen molar-refractivity contribution in [3.05, 3.63) is 142 Å². The fourth-order valence-corrected chi connectivity index (χ4v) is 6.19. The minimum Gasteiger partial charge on any atom is -0.460 e. The van der Waals surface area contributed by atoms with Crippen molar-refractivity contribution in [2.24, 2.45) is 5.10 Å². The van der Waals surface area contributed by atoms with E-state index in [4.69, 9.17) is 14.2 Å². The topological polar surface area (TPSA) is 171 Å². The monoisotopic (exact) mass is 762 g/mol. The van der Waals surface area contributed by atoms with Gasteiger partial charge in [0.1, 0.15) is 36.4 Å². The Morgan fingerprint density at radius 1 is 0.946 bits per heavy atom. The summed E-state index contributed by atoms with van der Waals surface area (Å²) in [5.41, 5.74) is 2.80. The van der Waals surface area contributed by atoms with Gasteiger partial charge in [0.05, 0.1) is 18.8 Å². The molecule has 0 fully saturated rings. The van der Waals surface area contributed by atoms with E-state index in [1.165, 1.54) is 23.1 Å². The number of esters is 1. The normalized spacial score (nSPS) is 16.0. The summed E-state index contributed by atoms with van der Waals surface area (Å²) >= 11 is 0. The molecular formula is C42H46N6O8. The van der Waals surface area contributed by atoms with Gasteiger partial charge in [-0.3, -0.25) is 23.9 Å². The van der Waals surface area contributed by atoms with Gasteiger partial charge in [0, 0.05) is 18.5 Å². The smallest absolute Gasteiger partial charge is 0.428 e. The van der Waals surface area contributed by atoms with Crippen molar-refractivity contribution in [2.45, 2.75) is 77.4 Å². The van der Waals surface area contributed by atoms with Crippen molar-refractivity contribution < 1.29 is 33.4 Å². The number of nitrogens with one attached hydrogen (secondary N) is 2. The van der Waals surface area contributed by atoms with Crippen molar-refractivity contribution in [2.75, 3.05) is 11.4 Å². The molecule has 14 nitrogen and oxygen atoms in total. The molecule has 1 aliphatic heterocycles. The van der Waals surface area contributed by atoms with Crippen molar-refractivity contribution >= 4 is 36.0 Å². The highest BCUT2D eigenvalue weighted by Gasteiger charge is 2.48. The maximum Gasteiger partial charge on any atom is 0.428 e. The summed E-state index contributed by atoms with van der Waals surface area (Å²) in [6.07, 6.45) is 2.61. The van der Waals surface area contributed by atoms with Gasteiger partial charge in [0.2, 0.25) is 5.91 Å². The summed E-state index contributed by atoms with van der Waals surface area (Å²) in [4.78, 5) is 72.4. The number of hydrogen-bond acceptors (Lipinski definition) is 10. The Morgan fingerprint density at radius 2 is 1.57 bits per heavy atom. The summed E-state index contributed by atoms with van der Waals surface area (Å²) < 4.78 is 17.5. The van der Waals surface area contributed by atoms with Crippen LogP contribution in [-0.2, 0) is 49.0 Å². The quantitative estimate of drug-likeness (QED) is 0.0508. The zero-order chi connectivity index (χ0) is 40.3. The lowest BCUT2D eigenvalue weighted by Gasteiger charge is -2.26. The van der Waals surface area contributed by atoms with Gasteiger partial charge in [-0.15, -0.1) is 6.58 Å². The lowest BCUT2D eigenvalue weighted by molar-refractivity contribution is -0.156. The third-order valence-electron chi connectivity index (χ3n) is 8.78. The van der Waals surface area contributed by atoms with Gasteiger partial charge in [-0.05, 0) is 49.4 Å². The van der Waals surface area contributed by atoms with Crippen LogP contribution in [0.2, 0.25) is 0 Å². The largest absolute Gasteiger partial charge is 0.460 e. The summed E-state index contributed by atoms with van der Waals surface area (Å²) in [6.45, 7) is 10.9. The number of carbonyl (C=O) groups is 4. The van der Waals surface area contributed by atoms with Crippen LogP contribution in [0.5, 0.6) is 0 Å². The molecule has 0 aliphatic carbocycles. The number of amides is 3. The van der Waals surface area contributed by atoms with Crippen LogP contribution in [0.3, 0.4) is 0 Å². The molecule has 0 saturated carbocycles. The molecule has 1 aliphatic rings. The molecular weight excluding hydrogens is 716 g/mol. The number of aromatic nitrogens is 2. The van der Waals surface area contributed by atoms with Crippen LogP contribution in [0.15, 0.2) is 114 Å². The lowest BCUT2D eigenvalue weighted by atomic mass is 9.82. The predicted octanol–water partition coefficient (Wildman–Crippen LogP) is 6.08.